The molecule has 2 aromatic rings. The smallest absolute Gasteiger partial charge is 0.228 e. The van der Waals surface area contributed by atoms with Gasteiger partial charge in [-0.2, -0.15) is 0 Å². The molecule has 0 aliphatic heterocycles. The summed E-state index contributed by atoms with van der Waals surface area (Å²) in [6.07, 6.45) is 1.54. The highest BCUT2D eigenvalue weighted by molar-refractivity contribution is 5.92. The van der Waals surface area contributed by atoms with Crippen molar-refractivity contribution in [3.8, 4) is 17.4 Å². The molecule has 0 aliphatic rings. The van der Waals surface area contributed by atoms with Crippen LogP contribution in [0, 0.1) is 5.92 Å². The number of hydrogen-bond acceptors (Lipinski definition) is 5. The Bertz CT molecular complexity index is 621. The normalized spacial score (nSPS) is 10.6. The second kappa shape index (κ2) is 10.7. The molecular weight excluding hydrogens is 353 g/mol. The first kappa shape index (κ1) is 22.0. The van der Waals surface area contributed by atoms with Crippen LogP contribution < -0.4 is 20.5 Å². The summed E-state index contributed by atoms with van der Waals surface area (Å²) >= 11 is 0. The molecule has 132 valence electrons. The van der Waals surface area contributed by atoms with E-state index in [1.165, 1.54) is 0 Å². The Hall–Kier alpha value is -2.02. The molecule has 3 N–H and O–H groups in total. The number of amides is 1. The fourth-order valence-electron chi connectivity index (χ4n) is 1.65. The van der Waals surface area contributed by atoms with Gasteiger partial charge in [0.25, 0.3) is 0 Å². The van der Waals surface area contributed by atoms with E-state index in [1.54, 1.807) is 56.6 Å². The average Bonchev–Trinajstić information content (AvgIpc) is 2.56. The molecule has 1 aromatic heterocycles. The third-order valence-electron chi connectivity index (χ3n) is 3.09. The molecule has 8 heteroatoms. The number of halogens is 2. The SMILES string of the molecule is COc1ccc(Oc2ccc(NC(=O)C(C)CN)cn2)cc1.Cl.Cl. The summed E-state index contributed by atoms with van der Waals surface area (Å²) < 4.78 is 10.7. The molecule has 2 rings (SSSR count). The maximum absolute atomic E-state index is 11.7. The zero-order valence-electron chi connectivity index (χ0n) is 13.4. The maximum atomic E-state index is 11.7. The summed E-state index contributed by atoms with van der Waals surface area (Å²) in [7, 11) is 1.61. The van der Waals surface area contributed by atoms with Crippen LogP contribution in [0.5, 0.6) is 17.4 Å². The number of nitrogens with one attached hydrogen (secondary N) is 1. The molecule has 0 saturated carbocycles. The first-order valence-electron chi connectivity index (χ1n) is 6.91. The molecule has 1 unspecified atom stereocenters. The van der Waals surface area contributed by atoms with Crippen molar-refractivity contribution in [3.05, 3.63) is 42.6 Å². The van der Waals surface area contributed by atoms with Gasteiger partial charge in [0.1, 0.15) is 11.5 Å². The Morgan fingerprint density at radius 3 is 2.29 bits per heavy atom. The van der Waals surface area contributed by atoms with Gasteiger partial charge in [-0.15, -0.1) is 24.8 Å². The standard InChI is InChI=1S/C16H19N3O3.2ClH/c1-11(9-17)16(20)19-12-3-8-15(18-10-12)22-14-6-4-13(21-2)5-7-14;;/h3-8,10-11H,9,17H2,1-2H3,(H,19,20);2*1H. The maximum Gasteiger partial charge on any atom is 0.228 e. The molecule has 1 heterocycles. The second-order valence-corrected chi connectivity index (χ2v) is 4.79. The number of pyridine rings is 1. The van der Waals surface area contributed by atoms with Crippen LogP contribution in [0.1, 0.15) is 6.92 Å². The molecular formula is C16H21Cl2N3O3. The highest BCUT2D eigenvalue weighted by Crippen LogP contribution is 2.23. The predicted molar refractivity (Wildman–Crippen MR) is 98.6 cm³/mol. The van der Waals surface area contributed by atoms with Crippen LogP contribution in [0.25, 0.3) is 0 Å². The number of carbonyl (C=O) groups excluding carboxylic acids is 1. The van der Waals surface area contributed by atoms with Crippen LogP contribution in [0.15, 0.2) is 42.6 Å². The molecule has 0 aliphatic carbocycles. The van der Waals surface area contributed by atoms with Crippen LogP contribution in [-0.2, 0) is 4.79 Å². The summed E-state index contributed by atoms with van der Waals surface area (Å²) in [5, 5.41) is 2.75. The minimum Gasteiger partial charge on any atom is -0.497 e. The van der Waals surface area contributed by atoms with E-state index in [4.69, 9.17) is 15.2 Å². The molecule has 0 saturated heterocycles. The summed E-state index contributed by atoms with van der Waals surface area (Å²) in [5.41, 5.74) is 6.06. The average molecular weight is 374 g/mol. The number of benzene rings is 1. The van der Waals surface area contributed by atoms with Gasteiger partial charge in [-0.1, -0.05) is 6.92 Å². The lowest BCUT2D eigenvalue weighted by Crippen LogP contribution is -2.26. The van der Waals surface area contributed by atoms with Gasteiger partial charge in [-0.05, 0) is 30.3 Å². The van der Waals surface area contributed by atoms with Gasteiger partial charge in [0.2, 0.25) is 11.8 Å². The Kier molecular flexibility index (Phi) is 9.80. The summed E-state index contributed by atoms with van der Waals surface area (Å²) in [5.74, 6) is 1.48. The van der Waals surface area contributed by atoms with Crippen LogP contribution in [-0.4, -0.2) is 24.5 Å². The van der Waals surface area contributed by atoms with Crippen LogP contribution in [0.4, 0.5) is 5.69 Å². The zero-order chi connectivity index (χ0) is 15.9. The van der Waals surface area contributed by atoms with Crippen LogP contribution in [0.2, 0.25) is 0 Å². The van der Waals surface area contributed by atoms with Crippen molar-refractivity contribution in [1.29, 1.82) is 0 Å². The molecule has 0 bridgehead atoms. The highest BCUT2D eigenvalue weighted by atomic mass is 35.5. The predicted octanol–water partition coefficient (Wildman–Crippen LogP) is 3.26. The van der Waals surface area contributed by atoms with E-state index in [0.29, 0.717) is 23.9 Å². The lowest BCUT2D eigenvalue weighted by molar-refractivity contribution is -0.119. The molecule has 0 radical (unpaired) electrons. The number of ether oxygens (including phenoxy) is 2. The Morgan fingerprint density at radius 2 is 1.79 bits per heavy atom. The van der Waals surface area contributed by atoms with E-state index in [0.717, 1.165) is 5.75 Å². The van der Waals surface area contributed by atoms with Crippen molar-refractivity contribution in [2.75, 3.05) is 19.0 Å². The number of methoxy groups -OCH3 is 1. The van der Waals surface area contributed by atoms with E-state index >= 15 is 0 Å². The zero-order valence-corrected chi connectivity index (χ0v) is 15.0. The molecule has 1 amide bonds. The van der Waals surface area contributed by atoms with Crippen molar-refractivity contribution >= 4 is 36.4 Å². The monoisotopic (exact) mass is 373 g/mol. The molecule has 0 spiro atoms. The van der Waals surface area contributed by atoms with E-state index in [2.05, 4.69) is 10.3 Å². The number of nitrogens with two attached hydrogens (primary N) is 1. The first-order chi connectivity index (χ1) is 10.6. The van der Waals surface area contributed by atoms with Crippen molar-refractivity contribution in [3.63, 3.8) is 0 Å². The van der Waals surface area contributed by atoms with Gasteiger partial charge in [0.05, 0.1) is 19.0 Å². The minimum absolute atomic E-state index is 0. The quantitative estimate of drug-likeness (QED) is 0.811. The van der Waals surface area contributed by atoms with Gasteiger partial charge in [-0.25, -0.2) is 4.98 Å². The lowest BCUT2D eigenvalue weighted by atomic mass is 10.1. The molecule has 0 fully saturated rings. The summed E-state index contributed by atoms with van der Waals surface area (Å²) in [6.45, 7) is 2.07. The van der Waals surface area contributed by atoms with Gasteiger partial charge in [0.15, 0.2) is 0 Å². The third-order valence-corrected chi connectivity index (χ3v) is 3.09. The number of aromatic nitrogens is 1. The highest BCUT2D eigenvalue weighted by Gasteiger charge is 2.11. The third kappa shape index (κ3) is 6.23. The Morgan fingerprint density at radius 1 is 1.17 bits per heavy atom. The van der Waals surface area contributed by atoms with Gasteiger partial charge >= 0.3 is 0 Å². The summed E-state index contributed by atoms with van der Waals surface area (Å²) in [4.78, 5) is 15.9. The second-order valence-electron chi connectivity index (χ2n) is 4.79. The van der Waals surface area contributed by atoms with E-state index in [-0.39, 0.29) is 36.6 Å². The fraction of sp³-hybridized carbons (Fsp3) is 0.250. The number of nitrogens with zero attached hydrogens (tertiary/aromatic N) is 1. The largest absolute Gasteiger partial charge is 0.497 e. The number of anilines is 1. The van der Waals surface area contributed by atoms with Crippen molar-refractivity contribution < 1.29 is 14.3 Å². The molecule has 1 atom stereocenters. The van der Waals surface area contributed by atoms with Crippen molar-refractivity contribution in [1.82, 2.24) is 4.98 Å². The van der Waals surface area contributed by atoms with Crippen LogP contribution in [0.3, 0.4) is 0 Å². The number of rotatable bonds is 6. The van der Waals surface area contributed by atoms with Crippen LogP contribution >= 0.6 is 24.8 Å². The van der Waals surface area contributed by atoms with E-state index in [1.807, 2.05) is 0 Å². The Balaban J connectivity index is 0.00000264. The molecule has 1 aromatic carbocycles. The van der Waals surface area contributed by atoms with Gasteiger partial charge in [0, 0.05) is 18.5 Å². The lowest BCUT2D eigenvalue weighted by Gasteiger charge is -2.10. The fourth-order valence-corrected chi connectivity index (χ4v) is 1.65. The van der Waals surface area contributed by atoms with Gasteiger partial charge < -0.3 is 20.5 Å². The number of carbonyl (C=O) groups is 1. The minimum atomic E-state index is -0.241. The topological polar surface area (TPSA) is 86.5 Å². The van der Waals surface area contributed by atoms with Crippen molar-refractivity contribution in [2.45, 2.75) is 6.92 Å². The van der Waals surface area contributed by atoms with E-state index < -0.39 is 0 Å². The van der Waals surface area contributed by atoms with Crippen molar-refractivity contribution in [2.24, 2.45) is 11.7 Å². The number of hydrogen-bond donors (Lipinski definition) is 2. The Labute approximate surface area is 153 Å². The van der Waals surface area contributed by atoms with E-state index in [9.17, 15) is 4.79 Å². The molecule has 24 heavy (non-hydrogen) atoms. The molecule has 6 nitrogen and oxygen atoms in total. The van der Waals surface area contributed by atoms with Gasteiger partial charge in [-0.3, -0.25) is 4.79 Å². The summed E-state index contributed by atoms with van der Waals surface area (Å²) in [6, 6.07) is 10.6. The first-order valence-corrected chi connectivity index (χ1v) is 6.91.